The molecule has 0 amide bonds. The summed E-state index contributed by atoms with van der Waals surface area (Å²) in [7, 11) is 0. The van der Waals surface area contributed by atoms with Crippen molar-refractivity contribution in [1.82, 2.24) is 14.5 Å². The van der Waals surface area contributed by atoms with Crippen molar-refractivity contribution < 1.29 is 0 Å². The molecular weight excluding hydrogens is 524 g/mol. The first-order chi connectivity index (χ1) is 21.2. The van der Waals surface area contributed by atoms with Gasteiger partial charge >= 0.3 is 0 Å². The van der Waals surface area contributed by atoms with E-state index in [2.05, 4.69) is 90.0 Å². The topological polar surface area (TPSA) is 56.7 Å². The van der Waals surface area contributed by atoms with Gasteiger partial charge in [-0.3, -0.25) is 4.57 Å². The average molecular weight is 561 g/mol. The minimum Gasteiger partial charge on any atom is -0.326 e. The molecule has 4 nitrogen and oxygen atoms in total. The van der Waals surface area contributed by atoms with Crippen LogP contribution >= 0.6 is 0 Å². The lowest BCUT2D eigenvalue weighted by molar-refractivity contribution is 0.346. The van der Waals surface area contributed by atoms with Crippen molar-refractivity contribution in [2.75, 3.05) is 0 Å². The largest absolute Gasteiger partial charge is 0.326 e. The van der Waals surface area contributed by atoms with Gasteiger partial charge in [0.05, 0.1) is 28.3 Å². The van der Waals surface area contributed by atoms with Gasteiger partial charge < -0.3 is 5.73 Å². The van der Waals surface area contributed by atoms with E-state index < -0.39 is 0 Å². The first-order valence-corrected chi connectivity index (χ1v) is 15.3. The van der Waals surface area contributed by atoms with Gasteiger partial charge in [-0.05, 0) is 65.9 Å². The number of rotatable bonds is 7. The molecule has 3 aromatic carbocycles. The molecule has 3 aromatic heterocycles. The molecule has 1 saturated carbocycles. The van der Waals surface area contributed by atoms with Crippen LogP contribution in [0.4, 0.5) is 0 Å². The number of nitrogens with two attached hydrogens (primary N) is 1. The number of nitrogens with zero attached hydrogens (tertiary/aromatic N) is 3. The lowest BCUT2D eigenvalue weighted by Crippen LogP contribution is -2.30. The Hall–Kier alpha value is -4.80. The number of para-hydroxylation sites is 1. The van der Waals surface area contributed by atoms with Crippen LogP contribution < -0.4 is 5.73 Å². The lowest BCUT2D eigenvalue weighted by atomic mass is 9.65. The average Bonchev–Trinajstić information content (AvgIpc) is 3.43. The summed E-state index contributed by atoms with van der Waals surface area (Å²) < 4.78 is 2.14. The molecule has 0 bridgehead atoms. The smallest absolute Gasteiger partial charge is 0.138 e. The molecule has 43 heavy (non-hydrogen) atoms. The van der Waals surface area contributed by atoms with Crippen molar-refractivity contribution in [3.05, 3.63) is 144 Å². The van der Waals surface area contributed by atoms with Gasteiger partial charge in [0.2, 0.25) is 0 Å². The molecule has 2 N–H and O–H groups in total. The number of benzene rings is 3. The lowest BCUT2D eigenvalue weighted by Gasteiger charge is -2.38. The molecule has 3 heterocycles. The molecule has 0 aliphatic heterocycles. The number of fused-ring (bicyclic) bond motifs is 1. The van der Waals surface area contributed by atoms with Crippen LogP contribution in [-0.4, -0.2) is 14.5 Å². The molecular formula is C39H36N4. The molecule has 0 radical (unpaired) electrons. The second-order valence-electron chi connectivity index (χ2n) is 11.5. The van der Waals surface area contributed by atoms with Crippen molar-refractivity contribution in [3.8, 4) is 28.5 Å². The Labute approximate surface area is 253 Å². The predicted octanol–water partition coefficient (Wildman–Crippen LogP) is 9.11. The number of hydrogen-bond acceptors (Lipinski definition) is 3. The minimum atomic E-state index is 0.0916. The van der Waals surface area contributed by atoms with E-state index in [1.165, 1.54) is 43.2 Å². The summed E-state index contributed by atoms with van der Waals surface area (Å²) in [5.41, 5.74) is 15.9. The monoisotopic (exact) mass is 560 g/mol. The SMILES string of the molecule is C=Cc1c(CN)c2ccccc2n1-c1cccc(-c2cccc(-c3ccc(C4(c5ccccc5)CCCCC4)cc3)n2)n1. The van der Waals surface area contributed by atoms with Crippen molar-refractivity contribution in [2.24, 2.45) is 5.73 Å². The van der Waals surface area contributed by atoms with Crippen LogP contribution in [-0.2, 0) is 12.0 Å². The van der Waals surface area contributed by atoms with Crippen molar-refractivity contribution in [2.45, 2.75) is 44.1 Å². The zero-order chi connectivity index (χ0) is 29.2. The van der Waals surface area contributed by atoms with E-state index in [1.807, 2.05) is 42.5 Å². The fraction of sp³-hybridized carbons (Fsp3) is 0.179. The van der Waals surface area contributed by atoms with E-state index in [1.54, 1.807) is 0 Å². The van der Waals surface area contributed by atoms with E-state index in [4.69, 9.17) is 15.7 Å². The van der Waals surface area contributed by atoms with E-state index in [0.29, 0.717) is 6.54 Å². The molecule has 0 spiro atoms. The second kappa shape index (κ2) is 11.5. The summed E-state index contributed by atoms with van der Waals surface area (Å²) in [5, 5.41) is 1.12. The van der Waals surface area contributed by atoms with E-state index in [9.17, 15) is 0 Å². The maximum atomic E-state index is 6.17. The van der Waals surface area contributed by atoms with Crippen LogP contribution in [0.3, 0.4) is 0 Å². The molecule has 1 fully saturated rings. The van der Waals surface area contributed by atoms with Gasteiger partial charge in [-0.15, -0.1) is 0 Å². The van der Waals surface area contributed by atoms with E-state index in [0.717, 1.165) is 50.6 Å². The van der Waals surface area contributed by atoms with Gasteiger partial charge in [0.25, 0.3) is 0 Å². The molecule has 4 heteroatoms. The Morgan fingerprint density at radius 2 is 1.33 bits per heavy atom. The highest BCUT2D eigenvalue weighted by Crippen LogP contribution is 2.45. The van der Waals surface area contributed by atoms with Crippen molar-refractivity contribution >= 4 is 17.0 Å². The van der Waals surface area contributed by atoms with Gasteiger partial charge in [0.1, 0.15) is 5.82 Å². The maximum absolute atomic E-state index is 6.17. The maximum Gasteiger partial charge on any atom is 0.138 e. The zero-order valence-electron chi connectivity index (χ0n) is 24.4. The summed E-state index contributed by atoms with van der Waals surface area (Å²) in [5.74, 6) is 0.818. The standard InChI is InChI=1S/C39H36N4/c1-2-36-32(27-40)31-15-7-8-19-37(31)43(36)38-20-12-18-35(42-38)34-17-11-16-33(41-34)28-21-23-30(24-22-28)39(25-9-4-10-26-39)29-13-5-3-6-14-29/h2-3,5-8,11-24H,1,4,9-10,25-27,40H2. The highest BCUT2D eigenvalue weighted by atomic mass is 15.1. The molecule has 7 rings (SSSR count). The number of hydrogen-bond donors (Lipinski definition) is 1. The van der Waals surface area contributed by atoms with Crippen LogP contribution in [0.5, 0.6) is 0 Å². The summed E-state index contributed by atoms with van der Waals surface area (Å²) in [4.78, 5) is 10.2. The normalized spacial score (nSPS) is 14.5. The minimum absolute atomic E-state index is 0.0916. The molecule has 0 unspecified atom stereocenters. The molecule has 1 aliphatic carbocycles. The Morgan fingerprint density at radius 3 is 2.07 bits per heavy atom. The first-order valence-electron chi connectivity index (χ1n) is 15.3. The van der Waals surface area contributed by atoms with Gasteiger partial charge in [-0.2, -0.15) is 0 Å². The summed E-state index contributed by atoms with van der Waals surface area (Å²) in [6.45, 7) is 4.52. The molecule has 1 aliphatic rings. The fourth-order valence-corrected chi connectivity index (χ4v) is 7.05. The Balaban J connectivity index is 1.24. The molecule has 212 valence electrons. The van der Waals surface area contributed by atoms with Gasteiger partial charge in [-0.1, -0.05) is 111 Å². The first kappa shape index (κ1) is 27.1. The van der Waals surface area contributed by atoms with Gasteiger partial charge in [0.15, 0.2) is 0 Å². The highest BCUT2D eigenvalue weighted by Gasteiger charge is 2.35. The van der Waals surface area contributed by atoms with Crippen LogP contribution in [0.15, 0.2) is 122 Å². The van der Waals surface area contributed by atoms with Crippen LogP contribution in [0.1, 0.15) is 54.5 Å². The predicted molar refractivity (Wildman–Crippen MR) is 178 cm³/mol. The van der Waals surface area contributed by atoms with Crippen LogP contribution in [0.25, 0.3) is 45.4 Å². The Morgan fingerprint density at radius 1 is 0.674 bits per heavy atom. The molecule has 0 saturated heterocycles. The summed E-state index contributed by atoms with van der Waals surface area (Å²) in [6, 6.07) is 40.8. The summed E-state index contributed by atoms with van der Waals surface area (Å²) >= 11 is 0. The second-order valence-corrected chi connectivity index (χ2v) is 11.5. The van der Waals surface area contributed by atoms with Gasteiger partial charge in [0, 0.05) is 22.9 Å². The third-order valence-electron chi connectivity index (χ3n) is 9.16. The molecule has 6 aromatic rings. The molecule has 0 atom stereocenters. The van der Waals surface area contributed by atoms with Crippen LogP contribution in [0, 0.1) is 0 Å². The number of pyridine rings is 2. The van der Waals surface area contributed by atoms with E-state index in [-0.39, 0.29) is 5.41 Å². The van der Waals surface area contributed by atoms with E-state index >= 15 is 0 Å². The number of aromatic nitrogens is 3. The van der Waals surface area contributed by atoms with Gasteiger partial charge in [-0.25, -0.2) is 9.97 Å². The summed E-state index contributed by atoms with van der Waals surface area (Å²) in [6.07, 6.45) is 8.13. The zero-order valence-corrected chi connectivity index (χ0v) is 24.4. The van der Waals surface area contributed by atoms with Crippen molar-refractivity contribution in [3.63, 3.8) is 0 Å². The fourth-order valence-electron chi connectivity index (χ4n) is 7.05. The highest BCUT2D eigenvalue weighted by molar-refractivity contribution is 5.89. The third kappa shape index (κ3) is 4.78. The third-order valence-corrected chi connectivity index (χ3v) is 9.16. The Kier molecular flexibility index (Phi) is 7.22. The quantitative estimate of drug-likeness (QED) is 0.212. The Bertz CT molecular complexity index is 1890. The van der Waals surface area contributed by atoms with Crippen molar-refractivity contribution in [1.29, 1.82) is 0 Å². The van der Waals surface area contributed by atoms with Crippen LogP contribution in [0.2, 0.25) is 0 Å².